The second kappa shape index (κ2) is 17.8. The van der Waals surface area contributed by atoms with E-state index in [9.17, 15) is 52.8 Å². The Balaban J connectivity index is 0.000000908. The van der Waals surface area contributed by atoms with Crippen molar-refractivity contribution in [3.63, 3.8) is 0 Å². The van der Waals surface area contributed by atoms with Gasteiger partial charge in [-0.15, -0.1) is 0 Å². The number of nitrogens with one attached hydrogen (secondary N) is 1. The van der Waals surface area contributed by atoms with Gasteiger partial charge in [0.05, 0.1) is 22.7 Å². The molecule has 1 aliphatic heterocycles. The van der Waals surface area contributed by atoms with Crippen LogP contribution in [0.2, 0.25) is 0 Å². The number of amides is 1. The van der Waals surface area contributed by atoms with Crippen LogP contribution in [0.15, 0.2) is 60.7 Å². The Morgan fingerprint density at radius 2 is 1.47 bits per heavy atom. The fourth-order valence-electron chi connectivity index (χ4n) is 5.23. The van der Waals surface area contributed by atoms with Crippen LogP contribution < -0.4 is 5.32 Å². The van der Waals surface area contributed by atoms with E-state index in [1.165, 1.54) is 6.07 Å². The molecule has 274 valence electrons. The number of alkyl halides is 3. The minimum atomic E-state index is -5.08. The van der Waals surface area contributed by atoms with Gasteiger partial charge in [-0.2, -0.15) is 13.2 Å². The summed E-state index contributed by atoms with van der Waals surface area (Å²) in [6.45, 7) is 1.80. The zero-order valence-electron chi connectivity index (χ0n) is 26.8. The Labute approximate surface area is 288 Å². The van der Waals surface area contributed by atoms with Crippen LogP contribution in [0.1, 0.15) is 72.7 Å². The first kappa shape index (κ1) is 39.8. The summed E-state index contributed by atoms with van der Waals surface area (Å²) in [7, 11) is 0. The number of likely N-dealkylation sites (tertiary alicyclic amines) is 1. The first-order valence-corrected chi connectivity index (χ1v) is 15.4. The first-order chi connectivity index (χ1) is 24.0. The number of ether oxygens (including phenoxy) is 1. The number of phenolic OH excluding ortho intramolecular Hbond substituents is 3. The molecule has 17 heteroatoms. The molecule has 3 aromatic carbocycles. The van der Waals surface area contributed by atoms with Crippen molar-refractivity contribution in [3.05, 3.63) is 88.5 Å². The molecule has 51 heavy (non-hydrogen) atoms. The maximum atomic E-state index is 13.3. The number of benzene rings is 3. The molecule has 0 bridgehead atoms. The van der Waals surface area contributed by atoms with E-state index >= 15 is 0 Å². The van der Waals surface area contributed by atoms with Gasteiger partial charge in [0.15, 0.2) is 0 Å². The van der Waals surface area contributed by atoms with Gasteiger partial charge in [-0.1, -0.05) is 24.3 Å². The van der Waals surface area contributed by atoms with E-state index in [1.54, 1.807) is 30.3 Å². The average molecular weight is 721 g/mol. The third-order valence-electron chi connectivity index (χ3n) is 7.66. The maximum absolute atomic E-state index is 13.3. The number of carbonyl (C=O) groups is 5. The smallest absolute Gasteiger partial charge is 0.490 e. The monoisotopic (exact) mass is 720 g/mol. The number of unbranched alkanes of at least 4 members (excludes halogenated alkanes) is 1. The van der Waals surface area contributed by atoms with Gasteiger partial charge in [0, 0.05) is 18.7 Å². The molecule has 0 unspecified atom stereocenters. The molecular weight excluding hydrogens is 685 g/mol. The van der Waals surface area contributed by atoms with Crippen molar-refractivity contribution in [2.45, 2.75) is 44.0 Å². The number of aromatic carboxylic acids is 1. The predicted molar refractivity (Wildman–Crippen MR) is 171 cm³/mol. The summed E-state index contributed by atoms with van der Waals surface area (Å²) in [6, 6.07) is 13.2. The van der Waals surface area contributed by atoms with Gasteiger partial charge < -0.3 is 45.6 Å². The molecule has 0 aliphatic carbocycles. The highest BCUT2D eigenvalue weighted by Gasteiger charge is 2.38. The molecule has 3 aromatic rings. The lowest BCUT2D eigenvalue weighted by Crippen LogP contribution is -2.50. The number of carboxylic acids is 2. The summed E-state index contributed by atoms with van der Waals surface area (Å²) < 4.78 is 37.5. The normalized spacial score (nSPS) is 16.2. The SMILES string of the molecule is O=C(N[C@H]1CN(CCCCO)CCC[C@@H]1OC(=O)c1cc(O)c(C(=O)c2c(O)cccc2C(=O)O)c(O)c1)c1ccccc1.O=C(O)C(F)(F)F. The molecule has 1 fully saturated rings. The van der Waals surface area contributed by atoms with Crippen molar-refractivity contribution in [3.8, 4) is 17.2 Å². The van der Waals surface area contributed by atoms with E-state index in [0.717, 1.165) is 30.7 Å². The van der Waals surface area contributed by atoms with Crippen molar-refractivity contribution < 1.29 is 72.5 Å². The molecule has 4 rings (SSSR count). The molecule has 1 amide bonds. The molecule has 0 spiro atoms. The topological polar surface area (TPSA) is 231 Å². The van der Waals surface area contributed by atoms with Crippen LogP contribution in [0.25, 0.3) is 0 Å². The Morgan fingerprint density at radius 3 is 2.04 bits per heavy atom. The number of aliphatic carboxylic acids is 1. The van der Waals surface area contributed by atoms with Crippen LogP contribution in [0.3, 0.4) is 0 Å². The largest absolute Gasteiger partial charge is 0.507 e. The molecule has 7 N–H and O–H groups in total. The summed E-state index contributed by atoms with van der Waals surface area (Å²) in [5, 5.41) is 60.2. The van der Waals surface area contributed by atoms with Gasteiger partial charge in [0.1, 0.15) is 28.9 Å². The number of phenols is 3. The van der Waals surface area contributed by atoms with E-state index in [2.05, 4.69) is 10.2 Å². The molecule has 0 radical (unpaired) electrons. The van der Waals surface area contributed by atoms with Gasteiger partial charge in [0.2, 0.25) is 5.78 Å². The first-order valence-electron chi connectivity index (χ1n) is 15.4. The van der Waals surface area contributed by atoms with Gasteiger partial charge >= 0.3 is 24.1 Å². The Bertz CT molecular complexity index is 1710. The molecular formula is C34H35F3N2O12. The second-order valence-electron chi connectivity index (χ2n) is 11.3. The minimum Gasteiger partial charge on any atom is -0.507 e. The molecule has 0 saturated carbocycles. The number of nitrogens with zero attached hydrogens (tertiary/aromatic N) is 1. The number of carboxylic acid groups (broad SMARTS) is 2. The highest BCUT2D eigenvalue weighted by atomic mass is 19.4. The lowest BCUT2D eigenvalue weighted by molar-refractivity contribution is -0.192. The van der Waals surface area contributed by atoms with Crippen LogP contribution in [-0.2, 0) is 9.53 Å². The minimum absolute atomic E-state index is 0.0690. The van der Waals surface area contributed by atoms with E-state index in [4.69, 9.17) is 19.7 Å². The molecule has 1 aliphatic rings. The van der Waals surface area contributed by atoms with E-state index in [-0.39, 0.29) is 18.1 Å². The molecule has 1 saturated heterocycles. The summed E-state index contributed by atoms with van der Waals surface area (Å²) in [4.78, 5) is 62.1. The Kier molecular flexibility index (Phi) is 13.9. The van der Waals surface area contributed by atoms with Crippen molar-refractivity contribution in [2.75, 3.05) is 26.2 Å². The van der Waals surface area contributed by atoms with E-state index in [0.29, 0.717) is 44.5 Å². The number of aromatic hydroxyl groups is 3. The number of ketones is 1. The van der Waals surface area contributed by atoms with Crippen molar-refractivity contribution in [1.29, 1.82) is 0 Å². The zero-order chi connectivity index (χ0) is 37.9. The summed E-state index contributed by atoms with van der Waals surface area (Å²) in [5.74, 6) is -9.03. The zero-order valence-corrected chi connectivity index (χ0v) is 26.8. The molecule has 2 atom stereocenters. The quantitative estimate of drug-likeness (QED) is 0.0855. The summed E-state index contributed by atoms with van der Waals surface area (Å²) in [5.41, 5.74) is -1.74. The van der Waals surface area contributed by atoms with Gasteiger partial charge in [-0.25, -0.2) is 14.4 Å². The number of esters is 1. The van der Waals surface area contributed by atoms with Crippen molar-refractivity contribution in [1.82, 2.24) is 10.2 Å². The van der Waals surface area contributed by atoms with Crippen molar-refractivity contribution >= 4 is 29.6 Å². The number of aliphatic hydroxyl groups excluding tert-OH is 1. The van der Waals surface area contributed by atoms with Gasteiger partial charge in [-0.3, -0.25) is 9.59 Å². The summed E-state index contributed by atoms with van der Waals surface area (Å²) in [6.07, 6.45) is -3.43. The van der Waals surface area contributed by atoms with Crippen LogP contribution in [0.4, 0.5) is 13.2 Å². The van der Waals surface area contributed by atoms with Crippen LogP contribution in [-0.4, -0.2) is 110 Å². The lowest BCUT2D eigenvalue weighted by Gasteiger charge is -2.29. The average Bonchev–Trinajstić information content (AvgIpc) is 3.25. The van der Waals surface area contributed by atoms with Crippen LogP contribution in [0, 0.1) is 0 Å². The highest BCUT2D eigenvalue weighted by molar-refractivity contribution is 6.18. The number of carbonyl (C=O) groups excluding carboxylic acids is 3. The van der Waals surface area contributed by atoms with Crippen LogP contribution in [0.5, 0.6) is 17.2 Å². The molecule has 14 nitrogen and oxygen atoms in total. The number of aliphatic hydroxyl groups is 1. The van der Waals surface area contributed by atoms with Crippen molar-refractivity contribution in [2.24, 2.45) is 0 Å². The number of hydrogen-bond acceptors (Lipinski definition) is 11. The number of rotatable bonds is 11. The molecule has 1 heterocycles. The molecule has 0 aromatic heterocycles. The second-order valence-corrected chi connectivity index (χ2v) is 11.3. The van der Waals surface area contributed by atoms with Crippen LogP contribution >= 0.6 is 0 Å². The highest BCUT2D eigenvalue weighted by Crippen LogP contribution is 2.35. The Hall–Kier alpha value is -5.68. The standard InChI is InChI=1S/C32H34N2O10.C2HF3O2/c35-15-5-4-13-34-14-7-12-26(22(18-34)33-30(40)19-8-2-1-3-9-19)44-32(43)20-16-24(37)28(25(38)17-20)29(39)27-21(31(41)42)10-6-11-23(27)36;3-2(4,5)1(6)7/h1-3,6,8-11,16-17,22,26,35-38H,4-5,7,12-15,18H2,(H,33,40)(H,41,42);(H,6,7)/t22-,26-;/m0./s1. The maximum Gasteiger partial charge on any atom is 0.490 e. The number of halogens is 3. The van der Waals surface area contributed by atoms with Gasteiger partial charge in [-0.05, 0) is 75.2 Å². The third kappa shape index (κ3) is 10.9. The van der Waals surface area contributed by atoms with E-state index in [1.807, 2.05) is 0 Å². The number of hydrogen-bond donors (Lipinski definition) is 7. The fourth-order valence-corrected chi connectivity index (χ4v) is 5.23. The Morgan fingerprint density at radius 1 is 0.843 bits per heavy atom. The predicted octanol–water partition coefficient (Wildman–Crippen LogP) is 3.56. The summed E-state index contributed by atoms with van der Waals surface area (Å²) >= 11 is 0. The van der Waals surface area contributed by atoms with Gasteiger partial charge in [0.25, 0.3) is 5.91 Å². The lowest BCUT2D eigenvalue weighted by atomic mass is 9.95. The fraction of sp³-hybridized carbons (Fsp3) is 0.324. The van der Waals surface area contributed by atoms with E-state index < -0.39 is 76.0 Å². The third-order valence-corrected chi connectivity index (χ3v) is 7.66.